The van der Waals surface area contributed by atoms with Crippen LogP contribution in [-0.2, 0) is 13.9 Å². The Bertz CT molecular complexity index is 344. The number of rotatable bonds is 4. The highest BCUT2D eigenvalue weighted by Crippen LogP contribution is 2.37. The first-order chi connectivity index (χ1) is 8.83. The molecule has 0 saturated carbocycles. The maximum Gasteiger partial charge on any atom is 0.192 e. The van der Waals surface area contributed by atoms with Crippen molar-refractivity contribution in [2.24, 2.45) is 5.92 Å². The number of methoxy groups -OCH3 is 1. The lowest BCUT2D eigenvalue weighted by atomic mass is 10.0. The Morgan fingerprint density at radius 2 is 1.94 bits per heavy atom. The van der Waals surface area contributed by atoms with Crippen LogP contribution in [0.25, 0.3) is 0 Å². The van der Waals surface area contributed by atoms with E-state index in [4.69, 9.17) is 16.6 Å². The molecular formula is C13H28O4Si. The maximum atomic E-state index is 9.99. The average Bonchev–Trinajstić information content (AvgIpc) is 2.53. The molecule has 1 saturated heterocycles. The third kappa shape index (κ3) is 3.33. The SMILES string of the molecule is [2H]C([2H])(O[Si](C)(C)C(C)(C)C)[C@H]1O[C@H](OC)[C@H](O)[C@@H]1C. The fourth-order valence-corrected chi connectivity index (χ4v) is 2.18. The second kappa shape index (κ2) is 5.59. The number of aliphatic hydroxyl groups excluding tert-OH is 1. The van der Waals surface area contributed by atoms with Gasteiger partial charge in [0, 0.05) is 13.0 Å². The summed E-state index contributed by atoms with van der Waals surface area (Å²) >= 11 is 0. The molecule has 0 aromatic heterocycles. The second-order valence-corrected chi connectivity index (χ2v) is 11.2. The van der Waals surface area contributed by atoms with Gasteiger partial charge in [0.1, 0.15) is 6.10 Å². The monoisotopic (exact) mass is 278 g/mol. The predicted octanol–water partition coefficient (Wildman–Crippen LogP) is 2.38. The van der Waals surface area contributed by atoms with Gasteiger partial charge in [0.2, 0.25) is 0 Å². The van der Waals surface area contributed by atoms with Crippen molar-refractivity contribution in [3.8, 4) is 0 Å². The Balaban J connectivity index is 2.90. The van der Waals surface area contributed by atoms with Gasteiger partial charge in [-0.05, 0) is 18.1 Å². The van der Waals surface area contributed by atoms with Crippen LogP contribution < -0.4 is 0 Å². The lowest BCUT2D eigenvalue weighted by Gasteiger charge is -2.37. The fraction of sp³-hybridized carbons (Fsp3) is 1.00. The molecule has 1 N–H and O–H groups in total. The van der Waals surface area contributed by atoms with Gasteiger partial charge in [0.05, 0.1) is 15.4 Å². The molecule has 1 aliphatic heterocycles. The smallest absolute Gasteiger partial charge is 0.192 e. The third-order valence-corrected chi connectivity index (χ3v) is 8.29. The highest BCUT2D eigenvalue weighted by molar-refractivity contribution is 6.74. The van der Waals surface area contributed by atoms with Crippen molar-refractivity contribution in [2.75, 3.05) is 13.7 Å². The Morgan fingerprint density at radius 1 is 1.39 bits per heavy atom. The third-order valence-electron chi connectivity index (χ3n) is 4.04. The highest BCUT2D eigenvalue weighted by Gasteiger charge is 2.43. The van der Waals surface area contributed by atoms with Gasteiger partial charge in [-0.15, -0.1) is 0 Å². The second-order valence-electron chi connectivity index (χ2n) is 6.49. The molecule has 1 heterocycles. The minimum Gasteiger partial charge on any atom is -0.414 e. The number of ether oxygens (including phenoxy) is 2. The molecule has 1 fully saturated rings. The van der Waals surface area contributed by atoms with Gasteiger partial charge >= 0.3 is 0 Å². The van der Waals surface area contributed by atoms with Gasteiger partial charge in [-0.1, -0.05) is 27.7 Å². The molecule has 0 aromatic carbocycles. The van der Waals surface area contributed by atoms with Crippen molar-refractivity contribution in [3.05, 3.63) is 0 Å². The van der Waals surface area contributed by atoms with Gasteiger partial charge in [0.25, 0.3) is 0 Å². The first-order valence-corrected chi connectivity index (χ1v) is 9.31. The normalized spacial score (nSPS) is 36.4. The maximum absolute atomic E-state index is 9.99. The van der Waals surface area contributed by atoms with Crippen LogP contribution in [0.2, 0.25) is 18.1 Å². The molecule has 108 valence electrons. The van der Waals surface area contributed by atoms with Crippen LogP contribution in [0.5, 0.6) is 0 Å². The molecule has 0 aromatic rings. The molecule has 4 nitrogen and oxygen atoms in total. The summed E-state index contributed by atoms with van der Waals surface area (Å²) in [6, 6.07) is 0. The van der Waals surface area contributed by atoms with Crippen molar-refractivity contribution in [2.45, 2.75) is 64.3 Å². The largest absolute Gasteiger partial charge is 0.414 e. The molecule has 5 heteroatoms. The zero-order chi connectivity index (χ0) is 15.9. The molecule has 1 rings (SSSR count). The molecule has 4 atom stereocenters. The molecule has 0 spiro atoms. The summed E-state index contributed by atoms with van der Waals surface area (Å²) in [5, 5.41) is 9.89. The molecular weight excluding hydrogens is 248 g/mol. The Labute approximate surface area is 115 Å². The predicted molar refractivity (Wildman–Crippen MR) is 74.0 cm³/mol. The molecule has 0 unspecified atom stereocenters. The van der Waals surface area contributed by atoms with E-state index < -0.39 is 33.4 Å². The van der Waals surface area contributed by atoms with E-state index in [-0.39, 0.29) is 11.0 Å². The van der Waals surface area contributed by atoms with Crippen molar-refractivity contribution >= 4 is 8.32 Å². The van der Waals surface area contributed by atoms with E-state index in [1.807, 2.05) is 13.1 Å². The summed E-state index contributed by atoms with van der Waals surface area (Å²) in [4.78, 5) is 0. The standard InChI is InChI=1S/C13H28O4Si/c1-9-10(17-12(15-5)11(9)14)8-16-18(6,7)13(2,3)4/h9-12,14H,8H2,1-7H3/t9-,10-,11-,12+/m1/s1/i8D2. The minimum atomic E-state index is -2.27. The fourth-order valence-electron chi connectivity index (χ4n) is 1.46. The number of aliphatic hydroxyl groups is 1. The van der Waals surface area contributed by atoms with E-state index in [2.05, 4.69) is 20.8 Å². The zero-order valence-corrected chi connectivity index (χ0v) is 13.5. The van der Waals surface area contributed by atoms with Crippen molar-refractivity contribution < 1.29 is 21.7 Å². The Hall–Kier alpha value is 0.0569. The van der Waals surface area contributed by atoms with E-state index in [0.29, 0.717) is 0 Å². The van der Waals surface area contributed by atoms with Gasteiger partial charge in [-0.2, -0.15) is 0 Å². The van der Waals surface area contributed by atoms with Gasteiger partial charge in [-0.25, -0.2) is 0 Å². The first-order valence-electron chi connectivity index (χ1n) is 7.40. The Kier molecular flexibility index (Phi) is 4.05. The minimum absolute atomic E-state index is 0.0958. The summed E-state index contributed by atoms with van der Waals surface area (Å²) in [5.74, 6) is -0.389. The summed E-state index contributed by atoms with van der Waals surface area (Å²) < 4.78 is 32.9. The van der Waals surface area contributed by atoms with Crippen LogP contribution in [0.4, 0.5) is 0 Å². The molecule has 0 amide bonds. The van der Waals surface area contributed by atoms with Crippen LogP contribution in [0.15, 0.2) is 0 Å². The average molecular weight is 278 g/mol. The van der Waals surface area contributed by atoms with E-state index in [0.717, 1.165) is 0 Å². The van der Waals surface area contributed by atoms with E-state index in [1.165, 1.54) is 7.11 Å². The summed E-state index contributed by atoms with van der Waals surface area (Å²) in [6.07, 6.45) is -2.48. The van der Waals surface area contributed by atoms with Gasteiger partial charge in [-0.3, -0.25) is 0 Å². The Morgan fingerprint density at radius 3 is 2.33 bits per heavy atom. The van der Waals surface area contributed by atoms with Crippen molar-refractivity contribution in [1.82, 2.24) is 0 Å². The molecule has 0 radical (unpaired) electrons. The highest BCUT2D eigenvalue weighted by atomic mass is 28.4. The van der Waals surface area contributed by atoms with Crippen molar-refractivity contribution in [1.29, 1.82) is 0 Å². The van der Waals surface area contributed by atoms with Gasteiger partial charge < -0.3 is 19.0 Å². The van der Waals surface area contributed by atoms with Crippen molar-refractivity contribution in [3.63, 3.8) is 0 Å². The van der Waals surface area contributed by atoms with Crippen LogP contribution in [-0.4, -0.2) is 45.6 Å². The number of hydrogen-bond donors (Lipinski definition) is 1. The van der Waals surface area contributed by atoms with E-state index in [9.17, 15) is 5.11 Å². The van der Waals surface area contributed by atoms with Crippen LogP contribution in [0.1, 0.15) is 30.4 Å². The van der Waals surface area contributed by atoms with Gasteiger partial charge in [0.15, 0.2) is 14.6 Å². The lowest BCUT2D eigenvalue weighted by Crippen LogP contribution is -2.43. The summed E-state index contributed by atoms with van der Waals surface area (Å²) in [5.41, 5.74) is 0. The summed E-state index contributed by atoms with van der Waals surface area (Å²) in [7, 11) is -0.831. The van der Waals surface area contributed by atoms with Crippen LogP contribution >= 0.6 is 0 Å². The van der Waals surface area contributed by atoms with E-state index in [1.54, 1.807) is 6.92 Å². The van der Waals surface area contributed by atoms with Crippen LogP contribution in [0, 0.1) is 5.92 Å². The quantitative estimate of drug-likeness (QED) is 0.802. The van der Waals surface area contributed by atoms with Crippen LogP contribution in [0.3, 0.4) is 0 Å². The molecule has 0 bridgehead atoms. The molecule has 1 aliphatic rings. The lowest BCUT2D eigenvalue weighted by molar-refractivity contribution is -0.152. The topological polar surface area (TPSA) is 47.9 Å². The zero-order valence-electron chi connectivity index (χ0n) is 14.5. The molecule has 18 heavy (non-hydrogen) atoms. The van der Waals surface area contributed by atoms with E-state index >= 15 is 0 Å². The molecule has 0 aliphatic carbocycles. The number of hydrogen-bond acceptors (Lipinski definition) is 4. The first kappa shape index (κ1) is 13.1. The summed E-state index contributed by atoms with van der Waals surface area (Å²) in [6.45, 7) is 9.96.